The molecule has 0 aromatic rings. The van der Waals surface area contributed by atoms with Gasteiger partial charge in [0.2, 0.25) is 0 Å². The third-order valence-corrected chi connectivity index (χ3v) is 3.82. The Hall–Kier alpha value is -0.0800. The van der Waals surface area contributed by atoms with E-state index in [9.17, 15) is 0 Å². The highest BCUT2D eigenvalue weighted by Crippen LogP contribution is 2.30. The number of likely N-dealkylation sites (N-methyl/N-ethyl adjacent to an activating group) is 1. The highest BCUT2D eigenvalue weighted by atomic mass is 16.5. The standard InChI is InChI=1S/C13H25NO/c1-14-12-6-4-2-3-5-7-13(12)15-10-11-8-9-11/h11-14H,2-10H2,1H3. The second-order valence-electron chi connectivity index (χ2n) is 5.20. The van der Waals surface area contributed by atoms with Crippen LogP contribution in [0.25, 0.3) is 0 Å². The molecule has 0 aromatic carbocycles. The van der Waals surface area contributed by atoms with Crippen molar-refractivity contribution in [2.75, 3.05) is 13.7 Å². The van der Waals surface area contributed by atoms with Crippen molar-refractivity contribution >= 4 is 0 Å². The lowest BCUT2D eigenvalue weighted by molar-refractivity contribution is 0.00952. The van der Waals surface area contributed by atoms with E-state index in [0.717, 1.165) is 12.5 Å². The first-order valence-electron chi connectivity index (χ1n) is 6.69. The molecule has 0 radical (unpaired) electrons. The third-order valence-electron chi connectivity index (χ3n) is 3.82. The Bertz CT molecular complexity index is 179. The van der Waals surface area contributed by atoms with Crippen LogP contribution in [0.3, 0.4) is 0 Å². The Morgan fingerprint density at radius 3 is 2.40 bits per heavy atom. The van der Waals surface area contributed by atoms with Gasteiger partial charge in [-0.3, -0.25) is 0 Å². The molecule has 2 aliphatic rings. The highest BCUT2D eigenvalue weighted by Gasteiger charge is 2.26. The second kappa shape index (κ2) is 5.86. The molecule has 2 unspecified atom stereocenters. The predicted molar refractivity (Wildman–Crippen MR) is 63.0 cm³/mol. The van der Waals surface area contributed by atoms with Crippen LogP contribution in [0.4, 0.5) is 0 Å². The summed E-state index contributed by atoms with van der Waals surface area (Å²) < 4.78 is 6.08. The molecule has 15 heavy (non-hydrogen) atoms. The van der Waals surface area contributed by atoms with Gasteiger partial charge in [-0.05, 0) is 38.6 Å². The summed E-state index contributed by atoms with van der Waals surface area (Å²) in [5, 5.41) is 3.44. The Morgan fingerprint density at radius 2 is 1.73 bits per heavy atom. The number of ether oxygens (including phenoxy) is 1. The molecule has 88 valence electrons. The molecule has 0 aromatic heterocycles. The van der Waals surface area contributed by atoms with Crippen molar-refractivity contribution in [2.45, 2.75) is 63.5 Å². The first-order valence-corrected chi connectivity index (χ1v) is 6.69. The summed E-state index contributed by atoms with van der Waals surface area (Å²) in [5.74, 6) is 0.896. The summed E-state index contributed by atoms with van der Waals surface area (Å²) >= 11 is 0. The van der Waals surface area contributed by atoms with E-state index in [2.05, 4.69) is 12.4 Å². The normalized spacial score (nSPS) is 33.4. The molecule has 2 heteroatoms. The van der Waals surface area contributed by atoms with Gasteiger partial charge in [-0.1, -0.05) is 25.7 Å². The third kappa shape index (κ3) is 3.76. The summed E-state index contributed by atoms with van der Waals surface area (Å²) in [4.78, 5) is 0. The largest absolute Gasteiger partial charge is 0.376 e. The van der Waals surface area contributed by atoms with Gasteiger partial charge in [-0.15, -0.1) is 0 Å². The minimum Gasteiger partial charge on any atom is -0.376 e. The van der Waals surface area contributed by atoms with E-state index in [1.54, 1.807) is 0 Å². The van der Waals surface area contributed by atoms with E-state index in [1.807, 2.05) is 0 Å². The molecule has 1 N–H and O–H groups in total. The topological polar surface area (TPSA) is 21.3 Å². The summed E-state index contributed by atoms with van der Waals surface area (Å²) in [6.07, 6.45) is 11.4. The van der Waals surface area contributed by atoms with E-state index in [0.29, 0.717) is 12.1 Å². The molecule has 0 saturated heterocycles. The van der Waals surface area contributed by atoms with Crippen molar-refractivity contribution < 1.29 is 4.74 Å². The number of hydrogen-bond acceptors (Lipinski definition) is 2. The molecular formula is C13H25NO. The quantitative estimate of drug-likeness (QED) is 0.772. The van der Waals surface area contributed by atoms with Crippen molar-refractivity contribution in [3.8, 4) is 0 Å². The zero-order valence-corrected chi connectivity index (χ0v) is 10.0. The highest BCUT2D eigenvalue weighted by molar-refractivity contribution is 4.80. The zero-order valence-electron chi connectivity index (χ0n) is 10.0. The lowest BCUT2D eigenvalue weighted by Gasteiger charge is -2.29. The minimum atomic E-state index is 0.482. The van der Waals surface area contributed by atoms with Crippen LogP contribution in [-0.4, -0.2) is 25.8 Å². The van der Waals surface area contributed by atoms with E-state index < -0.39 is 0 Å². The fraction of sp³-hybridized carbons (Fsp3) is 1.00. The van der Waals surface area contributed by atoms with Gasteiger partial charge >= 0.3 is 0 Å². The van der Waals surface area contributed by atoms with Gasteiger partial charge < -0.3 is 10.1 Å². The van der Waals surface area contributed by atoms with E-state index in [4.69, 9.17) is 4.74 Å². The summed E-state index contributed by atoms with van der Waals surface area (Å²) in [6.45, 7) is 1.02. The Morgan fingerprint density at radius 1 is 1.00 bits per heavy atom. The van der Waals surface area contributed by atoms with Crippen LogP contribution in [-0.2, 0) is 4.74 Å². The predicted octanol–water partition coefficient (Wildman–Crippen LogP) is 2.72. The Labute approximate surface area is 93.8 Å². The van der Waals surface area contributed by atoms with E-state index in [-0.39, 0.29) is 0 Å². The Balaban J connectivity index is 1.77. The van der Waals surface area contributed by atoms with Crippen molar-refractivity contribution in [1.29, 1.82) is 0 Å². The van der Waals surface area contributed by atoms with Crippen LogP contribution in [0.15, 0.2) is 0 Å². The van der Waals surface area contributed by atoms with Crippen LogP contribution in [0, 0.1) is 5.92 Å². The molecule has 0 amide bonds. The number of rotatable bonds is 4. The SMILES string of the molecule is CNC1CCCCCCC1OCC1CC1. The van der Waals surface area contributed by atoms with Crippen molar-refractivity contribution in [1.82, 2.24) is 5.32 Å². The molecule has 2 atom stereocenters. The van der Waals surface area contributed by atoms with Gasteiger partial charge in [0.25, 0.3) is 0 Å². The smallest absolute Gasteiger partial charge is 0.0728 e. The van der Waals surface area contributed by atoms with Gasteiger partial charge in [-0.25, -0.2) is 0 Å². The molecule has 2 saturated carbocycles. The maximum absolute atomic E-state index is 6.08. The molecule has 0 bridgehead atoms. The zero-order chi connectivity index (χ0) is 10.5. The fourth-order valence-corrected chi connectivity index (χ4v) is 2.52. The molecule has 0 aliphatic heterocycles. The van der Waals surface area contributed by atoms with Gasteiger partial charge in [0, 0.05) is 12.6 Å². The minimum absolute atomic E-state index is 0.482. The molecule has 2 rings (SSSR count). The van der Waals surface area contributed by atoms with Crippen LogP contribution in [0.1, 0.15) is 51.4 Å². The monoisotopic (exact) mass is 211 g/mol. The molecular weight excluding hydrogens is 186 g/mol. The fourth-order valence-electron chi connectivity index (χ4n) is 2.52. The van der Waals surface area contributed by atoms with E-state index >= 15 is 0 Å². The summed E-state index contributed by atoms with van der Waals surface area (Å²) in [6, 6.07) is 0.601. The van der Waals surface area contributed by atoms with Crippen molar-refractivity contribution in [2.24, 2.45) is 5.92 Å². The van der Waals surface area contributed by atoms with Crippen LogP contribution in [0.2, 0.25) is 0 Å². The average Bonchev–Trinajstić information content (AvgIpc) is 3.00. The van der Waals surface area contributed by atoms with Crippen molar-refractivity contribution in [3.63, 3.8) is 0 Å². The number of nitrogens with one attached hydrogen (secondary N) is 1. The summed E-state index contributed by atoms with van der Waals surface area (Å²) in [5.41, 5.74) is 0. The van der Waals surface area contributed by atoms with Crippen LogP contribution >= 0.6 is 0 Å². The maximum atomic E-state index is 6.08. The second-order valence-corrected chi connectivity index (χ2v) is 5.20. The van der Waals surface area contributed by atoms with Crippen molar-refractivity contribution in [3.05, 3.63) is 0 Å². The lowest BCUT2D eigenvalue weighted by Crippen LogP contribution is -2.40. The van der Waals surface area contributed by atoms with Crippen LogP contribution in [0.5, 0.6) is 0 Å². The molecule has 0 spiro atoms. The van der Waals surface area contributed by atoms with Crippen LogP contribution < -0.4 is 5.32 Å². The first-order chi connectivity index (χ1) is 7.40. The average molecular weight is 211 g/mol. The number of hydrogen-bond donors (Lipinski definition) is 1. The molecule has 0 heterocycles. The molecule has 2 aliphatic carbocycles. The lowest BCUT2D eigenvalue weighted by atomic mass is 9.94. The van der Waals surface area contributed by atoms with Gasteiger partial charge in [-0.2, -0.15) is 0 Å². The van der Waals surface area contributed by atoms with E-state index in [1.165, 1.54) is 51.4 Å². The van der Waals surface area contributed by atoms with Gasteiger partial charge in [0.1, 0.15) is 0 Å². The molecule has 2 nitrogen and oxygen atoms in total. The maximum Gasteiger partial charge on any atom is 0.0728 e. The summed E-state index contributed by atoms with van der Waals surface area (Å²) in [7, 11) is 2.08. The van der Waals surface area contributed by atoms with Gasteiger partial charge in [0.15, 0.2) is 0 Å². The molecule has 2 fully saturated rings. The first kappa shape index (κ1) is 11.4. The Kier molecular flexibility index (Phi) is 4.45. The van der Waals surface area contributed by atoms with Gasteiger partial charge in [0.05, 0.1) is 6.10 Å².